The second-order valence-electron chi connectivity index (χ2n) is 5.87. The van der Waals surface area contributed by atoms with Gasteiger partial charge in [-0.3, -0.25) is 5.01 Å². The Morgan fingerprint density at radius 1 is 1.08 bits per heavy atom. The molecule has 0 saturated heterocycles. The summed E-state index contributed by atoms with van der Waals surface area (Å²) in [7, 11) is 0.216. The molecule has 138 valence electrons. The van der Waals surface area contributed by atoms with Gasteiger partial charge in [-0.25, -0.2) is 14.4 Å². The smallest absolute Gasteiger partial charge is 0.276 e. The number of nitrogens with zero attached hydrogens (tertiary/aromatic N) is 1. The number of hydrogen-bond donors (Lipinski definition) is 2. The van der Waals surface area contributed by atoms with Crippen molar-refractivity contribution in [3.63, 3.8) is 0 Å². The fraction of sp³-hybridized carbons (Fsp3) is 0.222. The molecule has 0 saturated carbocycles. The van der Waals surface area contributed by atoms with E-state index >= 15 is 0 Å². The minimum atomic E-state index is -4.40. The first-order valence-electron chi connectivity index (χ1n) is 7.90. The normalized spacial score (nSPS) is 18.7. The molecule has 3 rings (SSSR count). The van der Waals surface area contributed by atoms with E-state index in [-0.39, 0.29) is 0 Å². The highest BCUT2D eigenvalue weighted by Gasteiger charge is 2.43. The Kier molecular flexibility index (Phi) is 5.17. The molecule has 0 radical (unpaired) electrons. The molecule has 26 heavy (non-hydrogen) atoms. The van der Waals surface area contributed by atoms with Crippen LogP contribution in [0.15, 0.2) is 59.5 Å². The lowest BCUT2D eigenvalue weighted by Crippen LogP contribution is -2.44. The number of hydrazine groups is 1. The number of anilines is 1. The van der Waals surface area contributed by atoms with Gasteiger partial charge in [0.2, 0.25) is 0 Å². The molecule has 2 N–H and O–H groups in total. The third kappa shape index (κ3) is 3.82. The molecule has 1 aliphatic heterocycles. The summed E-state index contributed by atoms with van der Waals surface area (Å²) in [4.78, 5) is 0.545. The monoisotopic (exact) mass is 381 g/mol. The van der Waals surface area contributed by atoms with Gasteiger partial charge in [0.15, 0.2) is 0 Å². The van der Waals surface area contributed by atoms with Crippen molar-refractivity contribution in [3.8, 4) is 0 Å². The molecule has 0 spiro atoms. The van der Waals surface area contributed by atoms with Crippen LogP contribution in [-0.2, 0) is 11.0 Å². The molecule has 2 aromatic carbocycles. The Labute approximate surface area is 152 Å². The van der Waals surface area contributed by atoms with Gasteiger partial charge in [0.05, 0.1) is 16.3 Å². The summed E-state index contributed by atoms with van der Waals surface area (Å²) in [6, 6.07) is 12.0. The largest absolute Gasteiger partial charge is 0.409 e. The fourth-order valence-corrected chi connectivity index (χ4v) is 3.26. The van der Waals surface area contributed by atoms with Gasteiger partial charge in [-0.1, -0.05) is 29.8 Å². The number of rotatable bonds is 4. The molecule has 2 atom stereocenters. The van der Waals surface area contributed by atoms with Gasteiger partial charge in [-0.2, -0.15) is 13.2 Å². The van der Waals surface area contributed by atoms with E-state index in [0.717, 1.165) is 5.56 Å². The summed E-state index contributed by atoms with van der Waals surface area (Å²) in [5, 5.41) is 1.41. The zero-order chi connectivity index (χ0) is 18.9. The highest BCUT2D eigenvalue weighted by molar-refractivity contribution is 7.83. The van der Waals surface area contributed by atoms with Crippen molar-refractivity contribution in [1.82, 2.24) is 10.1 Å². The van der Waals surface area contributed by atoms with E-state index in [2.05, 4.69) is 10.1 Å². The standard InChI is InChI=1S/C18H18F3N3OS/c1-12-3-5-13(6-4-12)16-11-17(18(19,20)21)23-24(16)14-7-9-15(10-8-14)26(25)22-2/h3-11,17,22-23H,1-2H3. The zero-order valence-corrected chi connectivity index (χ0v) is 15.0. The van der Waals surface area contributed by atoms with Crippen LogP contribution < -0.4 is 15.2 Å². The summed E-state index contributed by atoms with van der Waals surface area (Å²) in [6.07, 6.45) is -3.23. The number of aryl methyl sites for hydroxylation is 1. The predicted octanol–water partition coefficient (Wildman–Crippen LogP) is 3.53. The first kappa shape index (κ1) is 18.6. The van der Waals surface area contributed by atoms with E-state index in [1.165, 1.54) is 11.1 Å². The van der Waals surface area contributed by atoms with Gasteiger partial charge in [-0.15, -0.1) is 0 Å². The van der Waals surface area contributed by atoms with Crippen LogP contribution in [0.3, 0.4) is 0 Å². The highest BCUT2D eigenvalue weighted by atomic mass is 32.2. The fourth-order valence-electron chi connectivity index (χ4n) is 2.65. The van der Waals surface area contributed by atoms with Crippen molar-refractivity contribution in [1.29, 1.82) is 0 Å². The van der Waals surface area contributed by atoms with Gasteiger partial charge >= 0.3 is 6.18 Å². The second kappa shape index (κ2) is 7.22. The maximum absolute atomic E-state index is 13.2. The lowest BCUT2D eigenvalue weighted by Gasteiger charge is -2.25. The second-order valence-corrected chi connectivity index (χ2v) is 7.29. The minimum absolute atomic E-state index is 0.426. The molecule has 2 aromatic rings. The summed E-state index contributed by atoms with van der Waals surface area (Å²) in [5.74, 6) is 0. The number of alkyl halides is 3. The SMILES string of the molecule is CNS(=O)c1ccc(N2NC(C(F)(F)F)C=C2c2ccc(C)cc2)cc1. The number of hydrogen-bond acceptors (Lipinski definition) is 3. The van der Waals surface area contributed by atoms with Crippen LogP contribution in [0.2, 0.25) is 0 Å². The van der Waals surface area contributed by atoms with Crippen LogP contribution >= 0.6 is 0 Å². The van der Waals surface area contributed by atoms with Crippen molar-refractivity contribution >= 4 is 22.4 Å². The lowest BCUT2D eigenvalue weighted by atomic mass is 10.1. The maximum Gasteiger partial charge on any atom is 0.409 e. The molecule has 0 amide bonds. The van der Waals surface area contributed by atoms with Crippen LogP contribution in [0.25, 0.3) is 5.70 Å². The van der Waals surface area contributed by atoms with E-state index in [0.29, 0.717) is 21.8 Å². The number of halogens is 3. The topological polar surface area (TPSA) is 44.4 Å². The van der Waals surface area contributed by atoms with Crippen molar-refractivity contribution in [2.75, 3.05) is 12.1 Å². The summed E-state index contributed by atoms with van der Waals surface area (Å²) < 4.78 is 54.1. The van der Waals surface area contributed by atoms with Gasteiger partial charge < -0.3 is 0 Å². The van der Waals surface area contributed by atoms with E-state index in [4.69, 9.17) is 0 Å². The van der Waals surface area contributed by atoms with Crippen molar-refractivity contribution in [2.24, 2.45) is 0 Å². The average Bonchev–Trinajstić information content (AvgIpc) is 3.07. The van der Waals surface area contributed by atoms with Crippen LogP contribution in [-0.4, -0.2) is 23.5 Å². The van der Waals surface area contributed by atoms with Crippen LogP contribution in [0.5, 0.6) is 0 Å². The Morgan fingerprint density at radius 2 is 1.69 bits per heavy atom. The quantitative estimate of drug-likeness (QED) is 0.852. The molecule has 2 unspecified atom stereocenters. The van der Waals surface area contributed by atoms with E-state index < -0.39 is 23.2 Å². The van der Waals surface area contributed by atoms with E-state index in [1.54, 1.807) is 43.4 Å². The molecule has 0 aliphatic carbocycles. The molecule has 8 heteroatoms. The Bertz CT molecular complexity index is 832. The average molecular weight is 381 g/mol. The minimum Gasteiger partial charge on any atom is -0.276 e. The van der Waals surface area contributed by atoms with Crippen LogP contribution in [0.1, 0.15) is 11.1 Å². The Balaban J connectivity index is 1.97. The third-order valence-electron chi connectivity index (χ3n) is 4.03. The third-order valence-corrected chi connectivity index (χ3v) is 5.10. The molecule has 4 nitrogen and oxygen atoms in total. The number of nitrogens with one attached hydrogen (secondary N) is 2. The molecular weight excluding hydrogens is 363 g/mol. The van der Waals surface area contributed by atoms with Gasteiger partial charge in [-0.05, 0) is 49.9 Å². The summed E-state index contributed by atoms with van der Waals surface area (Å²) >= 11 is 0. The first-order chi connectivity index (χ1) is 12.3. The summed E-state index contributed by atoms with van der Waals surface area (Å²) in [6.45, 7) is 1.92. The van der Waals surface area contributed by atoms with E-state index in [1.807, 2.05) is 19.1 Å². The molecule has 0 fully saturated rings. The molecule has 0 aromatic heterocycles. The van der Waals surface area contributed by atoms with Crippen molar-refractivity contribution in [2.45, 2.75) is 24.0 Å². The Morgan fingerprint density at radius 3 is 2.23 bits per heavy atom. The van der Waals surface area contributed by atoms with Gasteiger partial charge in [0, 0.05) is 0 Å². The number of benzene rings is 2. The van der Waals surface area contributed by atoms with Crippen molar-refractivity contribution in [3.05, 3.63) is 65.7 Å². The van der Waals surface area contributed by atoms with Crippen molar-refractivity contribution < 1.29 is 17.4 Å². The molecular formula is C18H18F3N3OS. The van der Waals surface area contributed by atoms with Gasteiger partial charge in [0.25, 0.3) is 0 Å². The van der Waals surface area contributed by atoms with Gasteiger partial charge in [0.1, 0.15) is 17.0 Å². The molecule has 1 aliphatic rings. The predicted molar refractivity (Wildman–Crippen MR) is 96.5 cm³/mol. The zero-order valence-electron chi connectivity index (χ0n) is 14.2. The maximum atomic E-state index is 13.2. The molecule has 1 heterocycles. The highest BCUT2D eigenvalue weighted by Crippen LogP contribution is 2.34. The van der Waals surface area contributed by atoms with Crippen LogP contribution in [0, 0.1) is 6.92 Å². The lowest BCUT2D eigenvalue weighted by molar-refractivity contribution is -0.142. The summed E-state index contributed by atoms with van der Waals surface area (Å²) in [5.41, 5.74) is 5.16. The van der Waals surface area contributed by atoms with E-state index in [9.17, 15) is 17.4 Å². The first-order valence-corrected chi connectivity index (χ1v) is 9.05. The Hall–Kier alpha value is -2.16. The van der Waals surface area contributed by atoms with Crippen LogP contribution in [0.4, 0.5) is 18.9 Å². The molecule has 0 bridgehead atoms.